The van der Waals surface area contributed by atoms with E-state index < -0.39 is 5.91 Å². The number of hydrogen-bond donors (Lipinski definition) is 2. The Balaban J connectivity index is 1.49. The van der Waals surface area contributed by atoms with Crippen LogP contribution in [0.1, 0.15) is 40.0 Å². The molecule has 2 aromatic carbocycles. The summed E-state index contributed by atoms with van der Waals surface area (Å²) >= 11 is 0. The van der Waals surface area contributed by atoms with Crippen molar-refractivity contribution in [2.75, 3.05) is 13.1 Å². The number of pyridine rings is 1. The number of nitrogens with two attached hydrogens (primary N) is 1. The standard InChI is InChI=1S/C26H24N4O2/c27-24(31)18-9-7-17(8-10-18)23-16-29-25-22(23)14-21(15-28-25)19-5-4-6-20(13-19)26(32)30-11-2-1-3-12-30/h4-10,13-16H,1-3,11-12H2,(H2,27,31)(H,28,29). The van der Waals surface area contributed by atoms with Gasteiger partial charge >= 0.3 is 0 Å². The fourth-order valence-corrected chi connectivity index (χ4v) is 4.33. The molecule has 32 heavy (non-hydrogen) atoms. The first-order valence-electron chi connectivity index (χ1n) is 10.9. The number of H-pyrrole nitrogens is 1. The number of piperidine rings is 1. The van der Waals surface area contributed by atoms with Crippen molar-refractivity contribution in [1.29, 1.82) is 0 Å². The van der Waals surface area contributed by atoms with Crippen LogP contribution < -0.4 is 5.73 Å². The average Bonchev–Trinajstić information content (AvgIpc) is 3.27. The van der Waals surface area contributed by atoms with E-state index in [2.05, 4.69) is 16.0 Å². The summed E-state index contributed by atoms with van der Waals surface area (Å²) in [6.45, 7) is 1.66. The molecule has 3 N–H and O–H groups in total. The van der Waals surface area contributed by atoms with Crippen LogP contribution in [0.25, 0.3) is 33.3 Å². The van der Waals surface area contributed by atoms with Crippen molar-refractivity contribution in [3.8, 4) is 22.3 Å². The molecule has 4 aromatic rings. The topological polar surface area (TPSA) is 92.1 Å². The Labute approximate surface area is 186 Å². The molecule has 0 aliphatic carbocycles. The van der Waals surface area contributed by atoms with E-state index in [1.165, 1.54) is 6.42 Å². The van der Waals surface area contributed by atoms with E-state index in [-0.39, 0.29) is 5.91 Å². The third kappa shape index (κ3) is 3.75. The Morgan fingerprint density at radius 1 is 0.875 bits per heavy atom. The van der Waals surface area contributed by atoms with Crippen molar-refractivity contribution in [2.45, 2.75) is 19.3 Å². The van der Waals surface area contributed by atoms with Crippen LogP contribution >= 0.6 is 0 Å². The van der Waals surface area contributed by atoms with E-state index in [9.17, 15) is 9.59 Å². The first kappa shape index (κ1) is 20.0. The van der Waals surface area contributed by atoms with E-state index in [1.54, 1.807) is 12.1 Å². The van der Waals surface area contributed by atoms with E-state index in [0.717, 1.165) is 59.2 Å². The molecular weight excluding hydrogens is 400 g/mol. The molecule has 2 amide bonds. The van der Waals surface area contributed by atoms with Gasteiger partial charge in [0.05, 0.1) is 0 Å². The lowest BCUT2D eigenvalue weighted by atomic mass is 10.00. The van der Waals surface area contributed by atoms with Gasteiger partial charge in [0.15, 0.2) is 0 Å². The summed E-state index contributed by atoms with van der Waals surface area (Å²) in [5.41, 5.74) is 11.2. The maximum atomic E-state index is 12.9. The van der Waals surface area contributed by atoms with Crippen LogP contribution in [0.4, 0.5) is 0 Å². The number of carbonyl (C=O) groups is 2. The summed E-state index contributed by atoms with van der Waals surface area (Å²) in [5.74, 6) is -0.351. The summed E-state index contributed by atoms with van der Waals surface area (Å²) in [5, 5.41) is 0.974. The van der Waals surface area contributed by atoms with Crippen LogP contribution in [0, 0.1) is 0 Å². The lowest BCUT2D eigenvalue weighted by molar-refractivity contribution is 0.0724. The summed E-state index contributed by atoms with van der Waals surface area (Å²) < 4.78 is 0. The predicted octanol–water partition coefficient (Wildman–Crippen LogP) is 4.62. The van der Waals surface area contributed by atoms with Gasteiger partial charge in [-0.2, -0.15) is 0 Å². The monoisotopic (exact) mass is 424 g/mol. The number of carbonyl (C=O) groups excluding carboxylic acids is 2. The van der Waals surface area contributed by atoms with Crippen LogP contribution in [0.2, 0.25) is 0 Å². The number of fused-ring (bicyclic) bond motifs is 1. The predicted molar refractivity (Wildman–Crippen MR) is 125 cm³/mol. The molecule has 1 fully saturated rings. The normalized spacial score (nSPS) is 13.9. The molecule has 1 aliphatic heterocycles. The molecule has 2 aromatic heterocycles. The van der Waals surface area contributed by atoms with Crippen molar-refractivity contribution in [3.63, 3.8) is 0 Å². The number of hydrogen-bond acceptors (Lipinski definition) is 3. The molecule has 0 atom stereocenters. The van der Waals surface area contributed by atoms with Crippen LogP contribution in [-0.4, -0.2) is 39.8 Å². The number of benzene rings is 2. The van der Waals surface area contributed by atoms with Crippen molar-refractivity contribution < 1.29 is 9.59 Å². The van der Waals surface area contributed by atoms with Gasteiger partial charge in [0, 0.05) is 53.1 Å². The van der Waals surface area contributed by atoms with Crippen LogP contribution in [0.3, 0.4) is 0 Å². The molecule has 5 rings (SSSR count). The fraction of sp³-hybridized carbons (Fsp3) is 0.192. The van der Waals surface area contributed by atoms with Gasteiger partial charge in [0.25, 0.3) is 5.91 Å². The highest BCUT2D eigenvalue weighted by Gasteiger charge is 2.18. The molecule has 0 unspecified atom stereocenters. The van der Waals surface area contributed by atoms with Gasteiger partial charge in [-0.15, -0.1) is 0 Å². The highest BCUT2D eigenvalue weighted by atomic mass is 16.2. The van der Waals surface area contributed by atoms with Crippen LogP contribution in [0.5, 0.6) is 0 Å². The van der Waals surface area contributed by atoms with Crippen molar-refractivity contribution >= 4 is 22.8 Å². The smallest absolute Gasteiger partial charge is 0.253 e. The highest BCUT2D eigenvalue weighted by Crippen LogP contribution is 2.31. The molecule has 160 valence electrons. The number of rotatable bonds is 4. The number of aromatic amines is 1. The number of nitrogens with one attached hydrogen (secondary N) is 1. The lowest BCUT2D eigenvalue weighted by Gasteiger charge is -2.26. The summed E-state index contributed by atoms with van der Waals surface area (Å²) in [7, 11) is 0. The molecular formula is C26H24N4O2. The van der Waals surface area contributed by atoms with E-state index >= 15 is 0 Å². The van der Waals surface area contributed by atoms with Crippen LogP contribution in [0.15, 0.2) is 67.0 Å². The first-order valence-corrected chi connectivity index (χ1v) is 10.9. The van der Waals surface area contributed by atoms with Crippen molar-refractivity contribution in [2.24, 2.45) is 5.73 Å². The average molecular weight is 425 g/mol. The first-order chi connectivity index (χ1) is 15.6. The number of nitrogens with zero attached hydrogens (tertiary/aromatic N) is 2. The molecule has 6 nitrogen and oxygen atoms in total. The third-order valence-corrected chi connectivity index (χ3v) is 6.10. The Morgan fingerprint density at radius 2 is 1.66 bits per heavy atom. The summed E-state index contributed by atoms with van der Waals surface area (Å²) in [6, 6.07) is 17.1. The molecule has 1 aliphatic rings. The second-order valence-electron chi connectivity index (χ2n) is 8.20. The van der Waals surface area contributed by atoms with Gasteiger partial charge in [-0.05, 0) is 60.7 Å². The lowest BCUT2D eigenvalue weighted by Crippen LogP contribution is -2.35. The quantitative estimate of drug-likeness (QED) is 0.501. The van der Waals surface area contributed by atoms with Gasteiger partial charge in [-0.25, -0.2) is 4.98 Å². The second kappa shape index (κ2) is 8.30. The number of aromatic nitrogens is 2. The number of amides is 2. The minimum absolute atomic E-state index is 0.0949. The van der Waals surface area contributed by atoms with Crippen molar-refractivity contribution in [1.82, 2.24) is 14.9 Å². The summed E-state index contributed by atoms with van der Waals surface area (Å²) in [4.78, 5) is 34.1. The maximum absolute atomic E-state index is 12.9. The van der Waals surface area contributed by atoms with Crippen molar-refractivity contribution in [3.05, 3.63) is 78.1 Å². The SMILES string of the molecule is NC(=O)c1ccc(-c2c[nH]c3ncc(-c4cccc(C(=O)N5CCCCC5)c4)cc23)cc1. The molecule has 0 spiro atoms. The van der Waals surface area contributed by atoms with Gasteiger partial charge < -0.3 is 15.6 Å². The van der Waals surface area contributed by atoms with Gasteiger partial charge in [-0.3, -0.25) is 9.59 Å². The minimum atomic E-state index is -0.446. The Bertz CT molecular complexity index is 1300. The molecule has 0 radical (unpaired) electrons. The van der Waals surface area contributed by atoms with E-state index in [4.69, 9.17) is 5.73 Å². The second-order valence-corrected chi connectivity index (χ2v) is 8.20. The molecule has 1 saturated heterocycles. The molecule has 3 heterocycles. The maximum Gasteiger partial charge on any atom is 0.253 e. The number of likely N-dealkylation sites (tertiary alicyclic amines) is 1. The van der Waals surface area contributed by atoms with E-state index in [0.29, 0.717) is 11.1 Å². The summed E-state index contributed by atoms with van der Waals surface area (Å²) in [6.07, 6.45) is 7.07. The minimum Gasteiger partial charge on any atom is -0.366 e. The van der Waals surface area contributed by atoms with Gasteiger partial charge in [-0.1, -0.05) is 24.3 Å². The molecule has 0 bridgehead atoms. The Morgan fingerprint density at radius 3 is 2.41 bits per heavy atom. The Hall–Kier alpha value is -3.93. The zero-order chi connectivity index (χ0) is 22.1. The van der Waals surface area contributed by atoms with Crippen LogP contribution in [-0.2, 0) is 0 Å². The van der Waals surface area contributed by atoms with Gasteiger partial charge in [0.2, 0.25) is 5.91 Å². The van der Waals surface area contributed by atoms with E-state index in [1.807, 2.05) is 53.7 Å². The molecule has 0 saturated carbocycles. The molecule has 6 heteroatoms. The zero-order valence-electron chi connectivity index (χ0n) is 17.7. The highest BCUT2D eigenvalue weighted by molar-refractivity contribution is 5.98. The Kier molecular flexibility index (Phi) is 5.19. The third-order valence-electron chi connectivity index (χ3n) is 6.10. The van der Waals surface area contributed by atoms with Gasteiger partial charge in [0.1, 0.15) is 5.65 Å². The number of primary amides is 1. The largest absolute Gasteiger partial charge is 0.366 e. The zero-order valence-corrected chi connectivity index (χ0v) is 17.7. The fourth-order valence-electron chi connectivity index (χ4n) is 4.33.